The van der Waals surface area contributed by atoms with Gasteiger partial charge in [0.1, 0.15) is 11.9 Å². The Kier molecular flexibility index (Phi) is 4.49. The standard InChI is InChI=1S/C13H14N2O3S/c16-13(17)15-7-1-2-12(8-15)18-11-5-3-10(4-6-11)14-9-19/h3-6,12H,1-2,7-8H2,(H,16,17). The minimum Gasteiger partial charge on any atom is -0.489 e. The number of hydrogen-bond donors (Lipinski definition) is 1. The number of carbonyl (C=O) groups is 1. The largest absolute Gasteiger partial charge is 0.489 e. The number of isothiocyanates is 1. The molecule has 0 aromatic heterocycles. The molecule has 0 saturated carbocycles. The zero-order chi connectivity index (χ0) is 13.7. The van der Waals surface area contributed by atoms with Gasteiger partial charge in [0, 0.05) is 6.54 Å². The number of thiocarbonyl (C=S) groups is 1. The molecule has 1 aromatic carbocycles. The van der Waals surface area contributed by atoms with Gasteiger partial charge in [-0.05, 0) is 49.3 Å². The Hall–Kier alpha value is -1.91. The molecule has 19 heavy (non-hydrogen) atoms. The van der Waals surface area contributed by atoms with Gasteiger partial charge in [0.15, 0.2) is 0 Å². The third kappa shape index (κ3) is 3.77. The Morgan fingerprint density at radius 2 is 2.21 bits per heavy atom. The molecule has 1 heterocycles. The summed E-state index contributed by atoms with van der Waals surface area (Å²) in [5.74, 6) is 0.709. The fraction of sp³-hybridized carbons (Fsp3) is 0.385. The summed E-state index contributed by atoms with van der Waals surface area (Å²) in [6.07, 6.45) is 0.706. The first kappa shape index (κ1) is 13.5. The van der Waals surface area contributed by atoms with Gasteiger partial charge in [0.25, 0.3) is 0 Å². The number of likely N-dealkylation sites (tertiary alicyclic amines) is 1. The summed E-state index contributed by atoms with van der Waals surface area (Å²) in [4.78, 5) is 16.2. The highest BCUT2D eigenvalue weighted by Gasteiger charge is 2.24. The molecule has 2 rings (SSSR count). The van der Waals surface area contributed by atoms with Crippen molar-refractivity contribution in [1.82, 2.24) is 4.90 Å². The Bertz CT molecular complexity index is 497. The fourth-order valence-corrected chi connectivity index (χ4v) is 2.16. The lowest BCUT2D eigenvalue weighted by Crippen LogP contribution is -2.43. The normalized spacial score (nSPS) is 18.5. The second-order valence-corrected chi connectivity index (χ2v) is 4.49. The number of nitrogens with zero attached hydrogens (tertiary/aromatic N) is 2. The van der Waals surface area contributed by atoms with Crippen molar-refractivity contribution in [2.75, 3.05) is 13.1 Å². The highest BCUT2D eigenvalue weighted by Crippen LogP contribution is 2.21. The topological polar surface area (TPSA) is 62.1 Å². The van der Waals surface area contributed by atoms with Crippen molar-refractivity contribution in [1.29, 1.82) is 0 Å². The lowest BCUT2D eigenvalue weighted by Gasteiger charge is -2.30. The van der Waals surface area contributed by atoms with Gasteiger partial charge in [-0.15, -0.1) is 0 Å². The van der Waals surface area contributed by atoms with E-state index in [1.54, 1.807) is 24.3 Å². The maximum atomic E-state index is 10.9. The van der Waals surface area contributed by atoms with Gasteiger partial charge in [-0.2, -0.15) is 4.99 Å². The highest BCUT2D eigenvalue weighted by molar-refractivity contribution is 7.78. The van der Waals surface area contributed by atoms with Gasteiger partial charge >= 0.3 is 6.09 Å². The molecule has 1 aliphatic heterocycles. The SMILES string of the molecule is O=C(O)N1CCCC(Oc2ccc(N=C=S)cc2)C1. The van der Waals surface area contributed by atoms with Crippen LogP contribution in [0.15, 0.2) is 29.3 Å². The number of aliphatic imine (C=N–C) groups is 1. The molecule has 0 spiro atoms. The second-order valence-electron chi connectivity index (χ2n) is 4.31. The van der Waals surface area contributed by atoms with E-state index in [0.29, 0.717) is 18.8 Å². The Morgan fingerprint density at radius 1 is 1.47 bits per heavy atom. The zero-order valence-electron chi connectivity index (χ0n) is 10.3. The third-order valence-corrected chi connectivity index (χ3v) is 3.05. The fourth-order valence-electron chi connectivity index (χ4n) is 2.05. The molecule has 1 aromatic rings. The first-order valence-electron chi connectivity index (χ1n) is 6.01. The minimum absolute atomic E-state index is 0.0929. The molecule has 100 valence electrons. The Balaban J connectivity index is 1.96. The van der Waals surface area contributed by atoms with Gasteiger partial charge in [0.2, 0.25) is 0 Å². The van der Waals surface area contributed by atoms with Crippen molar-refractivity contribution in [3.05, 3.63) is 24.3 Å². The molecule has 0 aliphatic carbocycles. The van der Waals surface area contributed by atoms with Crippen molar-refractivity contribution in [2.45, 2.75) is 18.9 Å². The van der Waals surface area contributed by atoms with Crippen LogP contribution in [0.1, 0.15) is 12.8 Å². The van der Waals surface area contributed by atoms with Crippen molar-refractivity contribution >= 4 is 29.2 Å². The van der Waals surface area contributed by atoms with Crippen LogP contribution in [0.3, 0.4) is 0 Å². The monoisotopic (exact) mass is 278 g/mol. The van der Waals surface area contributed by atoms with E-state index in [2.05, 4.69) is 22.4 Å². The minimum atomic E-state index is -0.890. The molecule has 1 N–H and O–H groups in total. The van der Waals surface area contributed by atoms with E-state index in [-0.39, 0.29) is 6.10 Å². The van der Waals surface area contributed by atoms with Gasteiger partial charge < -0.3 is 14.7 Å². The smallest absolute Gasteiger partial charge is 0.407 e. The van der Waals surface area contributed by atoms with E-state index in [9.17, 15) is 4.79 Å². The van der Waals surface area contributed by atoms with Crippen LogP contribution in [0.25, 0.3) is 0 Å². The summed E-state index contributed by atoms with van der Waals surface area (Å²) in [6, 6.07) is 7.16. The van der Waals surface area contributed by atoms with Gasteiger partial charge in [-0.3, -0.25) is 0 Å². The summed E-state index contributed by atoms with van der Waals surface area (Å²) >= 11 is 4.53. The van der Waals surface area contributed by atoms with Crippen LogP contribution in [-0.2, 0) is 0 Å². The maximum Gasteiger partial charge on any atom is 0.407 e. The van der Waals surface area contributed by atoms with E-state index >= 15 is 0 Å². The van der Waals surface area contributed by atoms with Gasteiger partial charge in [-0.25, -0.2) is 4.79 Å². The van der Waals surface area contributed by atoms with Crippen LogP contribution < -0.4 is 4.74 Å². The molecule has 5 nitrogen and oxygen atoms in total. The van der Waals surface area contributed by atoms with Crippen LogP contribution in [0.2, 0.25) is 0 Å². The number of hydrogen-bond acceptors (Lipinski definition) is 4. The number of amides is 1. The van der Waals surface area contributed by atoms with Crippen LogP contribution in [0, 0.1) is 0 Å². The number of carboxylic acid groups (broad SMARTS) is 1. The van der Waals surface area contributed by atoms with Crippen molar-refractivity contribution < 1.29 is 14.6 Å². The van der Waals surface area contributed by atoms with E-state index in [1.807, 2.05) is 0 Å². The number of benzene rings is 1. The molecule has 1 aliphatic rings. The quantitative estimate of drug-likeness (QED) is 0.682. The lowest BCUT2D eigenvalue weighted by molar-refractivity contribution is 0.0792. The van der Waals surface area contributed by atoms with Crippen molar-refractivity contribution in [2.24, 2.45) is 4.99 Å². The van der Waals surface area contributed by atoms with Gasteiger partial charge in [-0.1, -0.05) is 0 Å². The van der Waals surface area contributed by atoms with E-state index in [0.717, 1.165) is 18.5 Å². The summed E-state index contributed by atoms with van der Waals surface area (Å²) in [7, 11) is 0. The van der Waals surface area contributed by atoms with Crippen LogP contribution in [0.5, 0.6) is 5.75 Å². The van der Waals surface area contributed by atoms with Crippen molar-refractivity contribution in [3.63, 3.8) is 0 Å². The molecule has 1 unspecified atom stereocenters. The molecule has 1 atom stereocenters. The molecular weight excluding hydrogens is 264 g/mol. The number of ether oxygens (including phenoxy) is 1. The average molecular weight is 278 g/mol. The Labute approximate surface area is 116 Å². The highest BCUT2D eigenvalue weighted by atomic mass is 32.1. The first-order valence-corrected chi connectivity index (χ1v) is 6.42. The first-order chi connectivity index (χ1) is 9.19. The summed E-state index contributed by atoms with van der Waals surface area (Å²) < 4.78 is 5.78. The zero-order valence-corrected chi connectivity index (χ0v) is 11.1. The predicted molar refractivity (Wildman–Crippen MR) is 74.4 cm³/mol. The molecular formula is C13H14N2O3S. The van der Waals surface area contributed by atoms with E-state index in [4.69, 9.17) is 9.84 Å². The lowest BCUT2D eigenvalue weighted by atomic mass is 10.1. The van der Waals surface area contributed by atoms with E-state index < -0.39 is 6.09 Å². The number of piperidine rings is 1. The third-order valence-electron chi connectivity index (χ3n) is 2.96. The molecule has 0 bridgehead atoms. The van der Waals surface area contributed by atoms with Crippen molar-refractivity contribution in [3.8, 4) is 5.75 Å². The Morgan fingerprint density at radius 3 is 2.84 bits per heavy atom. The van der Waals surface area contributed by atoms with Gasteiger partial charge in [0.05, 0.1) is 17.4 Å². The predicted octanol–water partition coefficient (Wildman–Crippen LogP) is 2.94. The summed E-state index contributed by atoms with van der Waals surface area (Å²) in [6.45, 7) is 0.993. The van der Waals surface area contributed by atoms with Crippen LogP contribution in [-0.4, -0.2) is 40.5 Å². The summed E-state index contributed by atoms with van der Waals surface area (Å²) in [5.41, 5.74) is 0.721. The number of rotatable bonds is 3. The maximum absolute atomic E-state index is 10.9. The average Bonchev–Trinajstić information content (AvgIpc) is 2.42. The molecule has 1 fully saturated rings. The van der Waals surface area contributed by atoms with Crippen LogP contribution >= 0.6 is 12.2 Å². The molecule has 1 saturated heterocycles. The second kappa shape index (κ2) is 6.31. The molecule has 6 heteroatoms. The van der Waals surface area contributed by atoms with Crippen LogP contribution in [0.4, 0.5) is 10.5 Å². The molecule has 0 radical (unpaired) electrons. The summed E-state index contributed by atoms with van der Waals surface area (Å²) in [5, 5.41) is 11.3. The molecule has 1 amide bonds. The van der Waals surface area contributed by atoms with E-state index in [1.165, 1.54) is 4.90 Å².